The molecule has 0 aromatic heterocycles. The Hall–Kier alpha value is -5.17. The van der Waals surface area contributed by atoms with Gasteiger partial charge in [-0.1, -0.05) is 91.0 Å². The van der Waals surface area contributed by atoms with Gasteiger partial charge < -0.3 is 20.5 Å². The molecule has 0 radical (unpaired) electrons. The number of rotatable bonds is 12. The van der Waals surface area contributed by atoms with Gasteiger partial charge in [-0.25, -0.2) is 0 Å². The Labute approximate surface area is 246 Å². The molecule has 42 heavy (non-hydrogen) atoms. The number of ether oxygens (including phenoxy) is 2. The first-order chi connectivity index (χ1) is 20.4. The first-order valence-electron chi connectivity index (χ1n) is 13.8. The molecule has 7 heteroatoms. The number of amidine groups is 1. The highest BCUT2D eigenvalue weighted by Crippen LogP contribution is 2.30. The lowest BCUT2D eigenvalue weighted by Gasteiger charge is -2.24. The molecule has 0 bridgehead atoms. The predicted octanol–water partition coefficient (Wildman–Crippen LogP) is 5.88. The number of para-hydroxylation sites is 1. The van der Waals surface area contributed by atoms with Crippen molar-refractivity contribution in [2.24, 2.45) is 11.7 Å². The SMILES string of the molecule is CCOc1ccccc1-c1ccc(C(=O)NC(/C=C/c2ccccc2)C(Cc2cccc(C(=N)N)c2)C(=O)OC)cc1. The van der Waals surface area contributed by atoms with Crippen molar-refractivity contribution in [3.8, 4) is 16.9 Å². The molecule has 0 aliphatic carbocycles. The smallest absolute Gasteiger partial charge is 0.311 e. The average molecular weight is 562 g/mol. The Balaban J connectivity index is 1.63. The van der Waals surface area contributed by atoms with Crippen LogP contribution in [0.4, 0.5) is 0 Å². The predicted molar refractivity (Wildman–Crippen MR) is 166 cm³/mol. The van der Waals surface area contributed by atoms with Crippen molar-refractivity contribution in [3.63, 3.8) is 0 Å². The number of benzene rings is 4. The lowest BCUT2D eigenvalue weighted by Crippen LogP contribution is -2.43. The van der Waals surface area contributed by atoms with Crippen molar-refractivity contribution in [3.05, 3.63) is 131 Å². The van der Waals surface area contributed by atoms with Crippen LogP contribution in [-0.4, -0.2) is 37.5 Å². The number of carbonyl (C=O) groups is 2. The normalized spacial score (nSPS) is 12.3. The van der Waals surface area contributed by atoms with Gasteiger partial charge >= 0.3 is 5.97 Å². The second-order valence-corrected chi connectivity index (χ2v) is 9.72. The van der Waals surface area contributed by atoms with E-state index in [1.807, 2.05) is 91.9 Å². The van der Waals surface area contributed by atoms with Crippen LogP contribution in [0.1, 0.15) is 34.0 Å². The van der Waals surface area contributed by atoms with Crippen LogP contribution >= 0.6 is 0 Å². The zero-order chi connectivity index (χ0) is 29.9. The molecule has 214 valence electrons. The van der Waals surface area contributed by atoms with Gasteiger partial charge in [0, 0.05) is 16.7 Å². The highest BCUT2D eigenvalue weighted by Gasteiger charge is 2.30. The molecule has 4 aromatic rings. The number of methoxy groups -OCH3 is 1. The van der Waals surface area contributed by atoms with Crippen LogP contribution < -0.4 is 15.8 Å². The second kappa shape index (κ2) is 14.5. The van der Waals surface area contributed by atoms with Crippen LogP contribution in [0.5, 0.6) is 5.75 Å². The summed E-state index contributed by atoms with van der Waals surface area (Å²) in [6.07, 6.45) is 3.96. The maximum Gasteiger partial charge on any atom is 0.311 e. The van der Waals surface area contributed by atoms with Crippen molar-refractivity contribution in [1.29, 1.82) is 5.41 Å². The van der Waals surface area contributed by atoms with E-state index in [1.165, 1.54) is 7.11 Å². The monoisotopic (exact) mass is 561 g/mol. The Kier molecular flexibility index (Phi) is 10.3. The summed E-state index contributed by atoms with van der Waals surface area (Å²) in [5, 5.41) is 10.8. The molecule has 0 fully saturated rings. The maximum atomic E-state index is 13.5. The minimum absolute atomic E-state index is 0.0624. The minimum atomic E-state index is -0.738. The Morgan fingerprint density at radius 1 is 0.905 bits per heavy atom. The van der Waals surface area contributed by atoms with E-state index in [4.69, 9.17) is 20.6 Å². The maximum absolute atomic E-state index is 13.5. The number of nitrogens with one attached hydrogen (secondary N) is 2. The first-order valence-corrected chi connectivity index (χ1v) is 13.8. The summed E-state index contributed by atoms with van der Waals surface area (Å²) in [4.78, 5) is 26.6. The zero-order valence-corrected chi connectivity index (χ0v) is 23.7. The third-order valence-corrected chi connectivity index (χ3v) is 6.87. The largest absolute Gasteiger partial charge is 0.493 e. The van der Waals surface area contributed by atoms with Crippen LogP contribution in [0.2, 0.25) is 0 Å². The van der Waals surface area contributed by atoms with Crippen LogP contribution in [-0.2, 0) is 16.0 Å². The third-order valence-electron chi connectivity index (χ3n) is 6.87. The molecule has 4 aromatic carbocycles. The molecule has 2 unspecified atom stereocenters. The quantitative estimate of drug-likeness (QED) is 0.114. The number of hydrogen-bond donors (Lipinski definition) is 3. The van der Waals surface area contributed by atoms with Gasteiger partial charge in [-0.2, -0.15) is 0 Å². The van der Waals surface area contributed by atoms with Crippen LogP contribution in [0, 0.1) is 11.3 Å². The van der Waals surface area contributed by atoms with Crippen LogP contribution in [0.25, 0.3) is 17.2 Å². The molecule has 7 nitrogen and oxygen atoms in total. The van der Waals surface area contributed by atoms with E-state index >= 15 is 0 Å². The lowest BCUT2D eigenvalue weighted by molar-refractivity contribution is -0.145. The molecule has 4 N–H and O–H groups in total. The fourth-order valence-corrected chi connectivity index (χ4v) is 4.71. The lowest BCUT2D eigenvalue weighted by atomic mass is 9.90. The summed E-state index contributed by atoms with van der Waals surface area (Å²) < 4.78 is 10.9. The van der Waals surface area contributed by atoms with E-state index < -0.39 is 17.9 Å². The van der Waals surface area contributed by atoms with Gasteiger partial charge in [-0.15, -0.1) is 0 Å². The number of nitrogens with two attached hydrogens (primary N) is 1. The van der Waals surface area contributed by atoms with E-state index in [1.54, 1.807) is 30.3 Å². The topological polar surface area (TPSA) is 115 Å². The molecule has 0 spiro atoms. The van der Waals surface area contributed by atoms with Crippen LogP contribution in [0.15, 0.2) is 109 Å². The van der Waals surface area contributed by atoms with E-state index in [0.29, 0.717) is 17.7 Å². The van der Waals surface area contributed by atoms with Crippen molar-refractivity contribution < 1.29 is 19.1 Å². The van der Waals surface area contributed by atoms with Gasteiger partial charge in [-0.3, -0.25) is 15.0 Å². The average Bonchev–Trinajstić information content (AvgIpc) is 3.02. The summed E-state index contributed by atoms with van der Waals surface area (Å²) in [6.45, 7) is 2.49. The number of esters is 1. The fourth-order valence-electron chi connectivity index (χ4n) is 4.71. The Morgan fingerprint density at radius 3 is 2.31 bits per heavy atom. The highest BCUT2D eigenvalue weighted by molar-refractivity contribution is 5.96. The number of nitrogen functional groups attached to an aromatic ring is 1. The fraction of sp³-hybridized carbons (Fsp3) is 0.171. The summed E-state index contributed by atoms with van der Waals surface area (Å²) in [5.41, 5.74) is 10.3. The van der Waals surface area contributed by atoms with Crippen molar-refractivity contribution >= 4 is 23.8 Å². The summed E-state index contributed by atoms with van der Waals surface area (Å²) >= 11 is 0. The molecule has 4 rings (SSSR count). The molecule has 2 atom stereocenters. The highest BCUT2D eigenvalue weighted by atomic mass is 16.5. The van der Waals surface area contributed by atoms with E-state index in [2.05, 4.69) is 5.32 Å². The number of amides is 1. The van der Waals surface area contributed by atoms with Gasteiger partial charge in [0.05, 0.1) is 25.7 Å². The van der Waals surface area contributed by atoms with Gasteiger partial charge in [0.2, 0.25) is 0 Å². The molecular formula is C35H35N3O4. The van der Waals surface area contributed by atoms with Gasteiger partial charge in [0.15, 0.2) is 0 Å². The standard InChI is InChI=1S/C35H35N3O4/c1-3-42-32-15-8-7-14-29(32)26-17-19-27(20-18-26)34(39)38-31(21-16-24-10-5-4-6-11-24)30(35(40)41-2)23-25-12-9-13-28(22-25)33(36)37/h4-22,30-31H,3,23H2,1-2H3,(H3,36,37)(H,38,39)/b21-16+. The molecular weight excluding hydrogens is 526 g/mol. The van der Waals surface area contributed by atoms with Gasteiger partial charge in [-0.05, 0) is 54.3 Å². The Bertz CT molecular complexity index is 1550. The van der Waals surface area contributed by atoms with Gasteiger partial charge in [0.25, 0.3) is 5.91 Å². The van der Waals surface area contributed by atoms with Crippen LogP contribution in [0.3, 0.4) is 0 Å². The molecule has 0 aliphatic heterocycles. The molecule has 0 heterocycles. The molecule has 0 saturated heterocycles. The van der Waals surface area contributed by atoms with E-state index in [-0.39, 0.29) is 18.2 Å². The summed E-state index contributed by atoms with van der Waals surface area (Å²) in [6, 6.07) is 31.2. The van der Waals surface area contributed by atoms with Crippen molar-refractivity contribution in [2.45, 2.75) is 19.4 Å². The Morgan fingerprint density at radius 2 is 1.62 bits per heavy atom. The van der Waals surface area contributed by atoms with E-state index in [0.717, 1.165) is 28.0 Å². The number of hydrogen-bond acceptors (Lipinski definition) is 5. The molecule has 0 aliphatic rings. The van der Waals surface area contributed by atoms with Crippen molar-refractivity contribution in [1.82, 2.24) is 5.32 Å². The summed E-state index contributed by atoms with van der Waals surface area (Å²) in [7, 11) is 1.33. The van der Waals surface area contributed by atoms with Crippen molar-refractivity contribution in [2.75, 3.05) is 13.7 Å². The molecule has 0 saturated carbocycles. The zero-order valence-electron chi connectivity index (χ0n) is 23.7. The number of carbonyl (C=O) groups excluding carboxylic acids is 2. The third kappa shape index (κ3) is 7.73. The summed E-state index contributed by atoms with van der Waals surface area (Å²) in [5.74, 6) is -0.813. The minimum Gasteiger partial charge on any atom is -0.493 e. The van der Waals surface area contributed by atoms with Gasteiger partial charge in [0.1, 0.15) is 11.6 Å². The second-order valence-electron chi connectivity index (χ2n) is 9.72. The molecule has 1 amide bonds. The first kappa shape index (κ1) is 29.8. The van der Waals surface area contributed by atoms with E-state index in [9.17, 15) is 9.59 Å².